The lowest BCUT2D eigenvalue weighted by molar-refractivity contribution is -0.118. The van der Waals surface area contributed by atoms with Crippen molar-refractivity contribution in [2.45, 2.75) is 51.2 Å². The molecule has 0 saturated heterocycles. The fourth-order valence-electron chi connectivity index (χ4n) is 4.84. The van der Waals surface area contributed by atoms with Crippen molar-refractivity contribution in [2.75, 3.05) is 24.7 Å². The molecule has 1 fully saturated rings. The average Bonchev–Trinajstić information content (AvgIpc) is 2.97. The minimum absolute atomic E-state index is 0.236. The number of benzene rings is 3. The lowest BCUT2D eigenvalue weighted by Crippen LogP contribution is -2.40. The van der Waals surface area contributed by atoms with Crippen LogP contribution in [0.3, 0.4) is 0 Å². The van der Waals surface area contributed by atoms with E-state index >= 15 is 0 Å². The predicted molar refractivity (Wildman–Crippen MR) is 156 cm³/mol. The zero-order chi connectivity index (χ0) is 28.5. The maximum absolute atomic E-state index is 13.3. The number of likely N-dealkylation sites (N-methyl/N-ethyl adjacent to an activating group) is 1. The fourth-order valence-corrected chi connectivity index (χ4v) is 5.19. The Balaban J connectivity index is 1.46. The van der Waals surface area contributed by atoms with Gasteiger partial charge in [0.05, 0.1) is 26.0 Å². The van der Waals surface area contributed by atoms with Crippen molar-refractivity contribution in [1.82, 2.24) is 9.79 Å². The van der Waals surface area contributed by atoms with Gasteiger partial charge in [-0.25, -0.2) is 13.9 Å². The summed E-state index contributed by atoms with van der Waals surface area (Å²) in [5.74, 6) is -0.192. The monoisotopic (exact) mass is 563 g/mol. The molecule has 4 rings (SSSR count). The van der Waals surface area contributed by atoms with Gasteiger partial charge in [-0.3, -0.25) is 14.4 Å². The van der Waals surface area contributed by atoms with Crippen LogP contribution in [0.4, 0.5) is 5.69 Å². The van der Waals surface area contributed by atoms with E-state index in [-0.39, 0.29) is 25.6 Å². The van der Waals surface area contributed by atoms with E-state index in [1.165, 1.54) is 44.7 Å². The molecule has 212 valence electrons. The van der Waals surface area contributed by atoms with Crippen LogP contribution in [0.25, 0.3) is 0 Å². The average molecular weight is 564 g/mol. The SMILES string of the molecule is CN(CC(=O)N(Cc1ccc(C2CCCCC2)cc1)c1ccc(C(=O)NOCc2ccccc2)cc1)S(C)(=O)=O. The zero-order valence-corrected chi connectivity index (χ0v) is 23.9. The quantitative estimate of drug-likeness (QED) is 0.331. The minimum Gasteiger partial charge on any atom is -0.307 e. The predicted octanol–water partition coefficient (Wildman–Crippen LogP) is 5.02. The first-order valence-corrected chi connectivity index (χ1v) is 15.4. The number of nitrogens with zero attached hydrogens (tertiary/aromatic N) is 2. The Bertz CT molecular complexity index is 1370. The molecule has 0 unspecified atom stereocenters. The number of amides is 2. The number of hydrogen-bond acceptors (Lipinski definition) is 5. The van der Waals surface area contributed by atoms with Crippen molar-refractivity contribution in [3.8, 4) is 0 Å². The van der Waals surface area contributed by atoms with Crippen molar-refractivity contribution in [2.24, 2.45) is 0 Å². The molecule has 3 aromatic rings. The number of hydroxylamine groups is 1. The standard InChI is InChI=1S/C31H37N3O5S/c1-33(40(2,37)38)22-30(35)34(21-24-13-15-27(16-14-24)26-11-7-4-8-12-26)29-19-17-28(18-20-29)31(36)32-39-23-25-9-5-3-6-10-25/h3,5-6,9-10,13-20,26H,4,7-8,11-12,21-23H2,1-2H3,(H,32,36). The molecule has 1 N–H and O–H groups in total. The van der Waals surface area contributed by atoms with Gasteiger partial charge in [0.1, 0.15) is 0 Å². The number of nitrogens with one attached hydrogen (secondary N) is 1. The topological polar surface area (TPSA) is 96.0 Å². The van der Waals surface area contributed by atoms with Crippen LogP contribution >= 0.6 is 0 Å². The molecule has 0 bridgehead atoms. The van der Waals surface area contributed by atoms with Gasteiger partial charge < -0.3 is 4.90 Å². The summed E-state index contributed by atoms with van der Waals surface area (Å²) in [4.78, 5) is 32.8. The van der Waals surface area contributed by atoms with Crippen molar-refractivity contribution in [3.05, 3.63) is 101 Å². The smallest absolute Gasteiger partial charge is 0.274 e. The first-order chi connectivity index (χ1) is 19.2. The van der Waals surface area contributed by atoms with Crippen molar-refractivity contribution < 1.29 is 22.8 Å². The summed E-state index contributed by atoms with van der Waals surface area (Å²) in [5.41, 5.74) is 6.56. The molecule has 3 aromatic carbocycles. The van der Waals surface area contributed by atoms with E-state index in [0.29, 0.717) is 17.2 Å². The second-order valence-corrected chi connectivity index (χ2v) is 12.4. The Morgan fingerprint density at radius 3 is 2.15 bits per heavy atom. The van der Waals surface area contributed by atoms with Gasteiger partial charge >= 0.3 is 0 Å². The van der Waals surface area contributed by atoms with E-state index in [4.69, 9.17) is 4.84 Å². The summed E-state index contributed by atoms with van der Waals surface area (Å²) in [6, 6.07) is 24.4. The summed E-state index contributed by atoms with van der Waals surface area (Å²) in [6.07, 6.45) is 7.31. The Kier molecular flexibility index (Phi) is 10.1. The van der Waals surface area contributed by atoms with Gasteiger partial charge in [0, 0.05) is 18.3 Å². The van der Waals surface area contributed by atoms with E-state index in [9.17, 15) is 18.0 Å². The molecule has 0 radical (unpaired) electrons. The number of carbonyl (C=O) groups excluding carboxylic acids is 2. The van der Waals surface area contributed by atoms with Crippen LogP contribution < -0.4 is 10.4 Å². The van der Waals surface area contributed by atoms with Crippen LogP contribution in [0, 0.1) is 0 Å². The molecule has 9 heteroatoms. The molecule has 0 aromatic heterocycles. The largest absolute Gasteiger partial charge is 0.307 e. The van der Waals surface area contributed by atoms with Crippen LogP contribution in [0.2, 0.25) is 0 Å². The highest BCUT2D eigenvalue weighted by atomic mass is 32.2. The Morgan fingerprint density at radius 2 is 1.52 bits per heavy atom. The van der Waals surface area contributed by atoms with Crippen molar-refractivity contribution >= 4 is 27.5 Å². The van der Waals surface area contributed by atoms with Gasteiger partial charge in [-0.15, -0.1) is 0 Å². The lowest BCUT2D eigenvalue weighted by Gasteiger charge is -2.26. The number of rotatable bonds is 11. The third-order valence-corrected chi connectivity index (χ3v) is 8.57. The minimum atomic E-state index is -3.53. The summed E-state index contributed by atoms with van der Waals surface area (Å²) in [7, 11) is -2.15. The number of hydrogen-bond donors (Lipinski definition) is 1. The van der Waals surface area contributed by atoms with E-state index < -0.39 is 15.9 Å². The molecule has 2 amide bonds. The molecule has 1 aliphatic carbocycles. The molecule has 0 aliphatic heterocycles. The summed E-state index contributed by atoms with van der Waals surface area (Å²) >= 11 is 0. The van der Waals surface area contributed by atoms with Crippen LogP contribution in [-0.4, -0.2) is 44.4 Å². The van der Waals surface area contributed by atoms with Gasteiger partial charge in [-0.2, -0.15) is 4.31 Å². The molecule has 1 saturated carbocycles. The van der Waals surface area contributed by atoms with E-state index in [1.807, 2.05) is 42.5 Å². The van der Waals surface area contributed by atoms with E-state index in [0.717, 1.165) is 21.7 Å². The highest BCUT2D eigenvalue weighted by molar-refractivity contribution is 7.88. The molecule has 8 nitrogen and oxygen atoms in total. The van der Waals surface area contributed by atoms with Gasteiger partial charge in [-0.05, 0) is 59.7 Å². The van der Waals surface area contributed by atoms with E-state index in [1.54, 1.807) is 29.2 Å². The maximum Gasteiger partial charge on any atom is 0.274 e. The third-order valence-electron chi connectivity index (χ3n) is 7.31. The molecule has 0 spiro atoms. The van der Waals surface area contributed by atoms with Crippen molar-refractivity contribution in [1.29, 1.82) is 0 Å². The van der Waals surface area contributed by atoms with Crippen molar-refractivity contribution in [3.63, 3.8) is 0 Å². The molecule has 0 heterocycles. The molecule has 1 aliphatic rings. The fraction of sp³-hybridized carbons (Fsp3) is 0.355. The molecule has 40 heavy (non-hydrogen) atoms. The van der Waals surface area contributed by atoms with Gasteiger partial charge in [0.25, 0.3) is 5.91 Å². The van der Waals surface area contributed by atoms with Crippen LogP contribution in [0.15, 0.2) is 78.9 Å². The highest BCUT2D eigenvalue weighted by Crippen LogP contribution is 2.32. The van der Waals surface area contributed by atoms with Crippen LogP contribution in [0.1, 0.15) is 65.1 Å². The van der Waals surface area contributed by atoms with Gasteiger partial charge in [-0.1, -0.05) is 73.9 Å². The Morgan fingerprint density at radius 1 is 0.875 bits per heavy atom. The van der Waals surface area contributed by atoms with Crippen LogP contribution in [-0.2, 0) is 32.8 Å². The second kappa shape index (κ2) is 13.7. The first kappa shape index (κ1) is 29.5. The summed E-state index contributed by atoms with van der Waals surface area (Å²) < 4.78 is 25.0. The zero-order valence-electron chi connectivity index (χ0n) is 23.1. The number of anilines is 1. The molecule has 0 atom stereocenters. The summed E-state index contributed by atoms with van der Waals surface area (Å²) in [6.45, 7) is 0.210. The van der Waals surface area contributed by atoms with Crippen LogP contribution in [0.5, 0.6) is 0 Å². The first-order valence-electron chi connectivity index (χ1n) is 13.6. The highest BCUT2D eigenvalue weighted by Gasteiger charge is 2.23. The summed E-state index contributed by atoms with van der Waals surface area (Å²) in [5, 5.41) is 0. The second-order valence-electron chi connectivity index (χ2n) is 10.3. The number of sulfonamides is 1. The van der Waals surface area contributed by atoms with Gasteiger partial charge in [0.15, 0.2) is 0 Å². The normalized spacial score (nSPS) is 14.2. The third kappa shape index (κ3) is 8.24. The maximum atomic E-state index is 13.3. The number of carbonyl (C=O) groups is 2. The lowest BCUT2D eigenvalue weighted by atomic mass is 9.84. The van der Waals surface area contributed by atoms with Gasteiger partial charge in [0.2, 0.25) is 15.9 Å². The molecular weight excluding hydrogens is 526 g/mol. The molecular formula is C31H37N3O5S. The Labute approximate surface area is 237 Å². The Hall–Kier alpha value is -3.53. The van der Waals surface area contributed by atoms with E-state index in [2.05, 4.69) is 17.6 Å².